The number of thiazole rings is 1. The van der Waals surface area contributed by atoms with Crippen molar-refractivity contribution in [3.63, 3.8) is 0 Å². The lowest BCUT2D eigenvalue weighted by Crippen LogP contribution is -2.57. The lowest BCUT2D eigenvalue weighted by atomic mass is 9.85. The molecule has 3 N–H and O–H groups in total. The summed E-state index contributed by atoms with van der Waals surface area (Å²) in [6.45, 7) is 10.0. The first-order valence-corrected chi connectivity index (χ1v) is 13.4. The van der Waals surface area contributed by atoms with Gasteiger partial charge in [-0.2, -0.15) is 0 Å². The molecule has 1 aromatic heterocycles. The average Bonchev–Trinajstić information content (AvgIpc) is 3.44. The number of nitrogens with zero attached hydrogens (tertiary/aromatic N) is 2. The summed E-state index contributed by atoms with van der Waals surface area (Å²) in [5.41, 5.74) is 4.27. The van der Waals surface area contributed by atoms with Crippen LogP contribution in [0.15, 0.2) is 29.8 Å². The van der Waals surface area contributed by atoms with E-state index in [1.807, 2.05) is 64.4 Å². The Morgan fingerprint density at radius 2 is 1.92 bits per heavy atom. The number of amides is 3. The Balaban J connectivity index is 1.66. The largest absolute Gasteiger partial charge is 0.391 e. The second-order valence-electron chi connectivity index (χ2n) is 10.5. The number of likely N-dealkylation sites (tertiary alicyclic amines) is 1. The Hall–Kier alpha value is -2.78. The number of hydrogen-bond acceptors (Lipinski definition) is 6. The third-order valence-corrected chi connectivity index (χ3v) is 7.45. The summed E-state index contributed by atoms with van der Waals surface area (Å²) in [4.78, 5) is 45.9. The smallest absolute Gasteiger partial charge is 0.246 e. The Kier molecular flexibility index (Phi) is 9.24. The number of aromatic nitrogens is 1. The Labute approximate surface area is 217 Å². The van der Waals surface area contributed by atoms with Gasteiger partial charge in [0.05, 0.1) is 22.2 Å². The zero-order valence-electron chi connectivity index (χ0n) is 21.8. The fourth-order valence-electron chi connectivity index (χ4n) is 4.35. The van der Waals surface area contributed by atoms with E-state index in [4.69, 9.17) is 0 Å². The monoisotopic (exact) mass is 514 g/mol. The summed E-state index contributed by atoms with van der Waals surface area (Å²) >= 11 is 1.59. The van der Waals surface area contributed by atoms with Crippen molar-refractivity contribution >= 4 is 29.1 Å². The molecule has 9 heteroatoms. The molecule has 3 amide bonds. The molecule has 0 bridgehead atoms. The van der Waals surface area contributed by atoms with Gasteiger partial charge in [-0.15, -0.1) is 11.3 Å². The van der Waals surface area contributed by atoms with Crippen molar-refractivity contribution < 1.29 is 19.5 Å². The van der Waals surface area contributed by atoms with Gasteiger partial charge in [-0.1, -0.05) is 58.4 Å². The first kappa shape index (κ1) is 27.8. The van der Waals surface area contributed by atoms with Crippen LogP contribution in [-0.2, 0) is 20.9 Å². The highest BCUT2D eigenvalue weighted by Crippen LogP contribution is 2.28. The average molecular weight is 515 g/mol. The van der Waals surface area contributed by atoms with Crippen LogP contribution < -0.4 is 10.6 Å². The van der Waals surface area contributed by atoms with E-state index in [9.17, 15) is 19.5 Å². The standard InChI is InChI=1S/C27H38N4O4S/c1-6-7-8-22(33)30-24(27(3,4)5)26(35)31-15-20(32)13-21(31)25(34)28-14-18-9-11-19(12-10-18)23-17(2)29-16-36-23/h9-12,16,20-21,24,32H,6-8,13-15H2,1-5H3,(H,28,34)(H,30,33)/t20-,21-,24+/m0/s1. The van der Waals surface area contributed by atoms with Gasteiger partial charge in [0.1, 0.15) is 12.1 Å². The normalized spacial score (nSPS) is 18.7. The summed E-state index contributed by atoms with van der Waals surface area (Å²) < 4.78 is 0. The highest BCUT2D eigenvalue weighted by atomic mass is 32.1. The molecule has 36 heavy (non-hydrogen) atoms. The SMILES string of the molecule is CCCCC(=O)N[C@H](C(=O)N1C[C@@H](O)C[C@H]1C(=O)NCc1ccc(-c2scnc2C)cc1)C(C)(C)C. The molecule has 0 unspecified atom stereocenters. The minimum absolute atomic E-state index is 0.0667. The van der Waals surface area contributed by atoms with E-state index in [-0.39, 0.29) is 30.7 Å². The van der Waals surface area contributed by atoms with Gasteiger partial charge in [0.25, 0.3) is 0 Å². The molecule has 1 saturated heterocycles. The zero-order chi connectivity index (χ0) is 26.5. The lowest BCUT2D eigenvalue weighted by Gasteiger charge is -2.35. The Morgan fingerprint density at radius 3 is 2.50 bits per heavy atom. The van der Waals surface area contributed by atoms with E-state index < -0.39 is 23.6 Å². The molecule has 1 aliphatic rings. The van der Waals surface area contributed by atoms with E-state index in [1.165, 1.54) is 4.90 Å². The maximum Gasteiger partial charge on any atom is 0.246 e. The minimum Gasteiger partial charge on any atom is -0.391 e. The van der Waals surface area contributed by atoms with Crippen molar-refractivity contribution in [3.05, 3.63) is 41.0 Å². The van der Waals surface area contributed by atoms with E-state index >= 15 is 0 Å². The molecule has 1 fully saturated rings. The van der Waals surface area contributed by atoms with Crippen LogP contribution in [0.5, 0.6) is 0 Å². The number of benzene rings is 1. The first-order valence-electron chi connectivity index (χ1n) is 12.6. The summed E-state index contributed by atoms with van der Waals surface area (Å²) in [5, 5.41) is 16.1. The topological polar surface area (TPSA) is 112 Å². The van der Waals surface area contributed by atoms with Gasteiger partial charge < -0.3 is 20.6 Å². The van der Waals surface area contributed by atoms with E-state index in [2.05, 4.69) is 15.6 Å². The van der Waals surface area contributed by atoms with Gasteiger partial charge in [0, 0.05) is 25.9 Å². The number of aryl methyl sites for hydroxylation is 1. The highest BCUT2D eigenvalue weighted by Gasteiger charge is 2.44. The van der Waals surface area contributed by atoms with Crippen molar-refractivity contribution in [1.29, 1.82) is 0 Å². The van der Waals surface area contributed by atoms with E-state index in [0.29, 0.717) is 13.0 Å². The van der Waals surface area contributed by atoms with Gasteiger partial charge in [0.15, 0.2) is 0 Å². The maximum atomic E-state index is 13.5. The van der Waals surface area contributed by atoms with Crippen molar-refractivity contribution in [2.24, 2.45) is 5.41 Å². The maximum absolute atomic E-state index is 13.5. The summed E-state index contributed by atoms with van der Waals surface area (Å²) in [7, 11) is 0. The highest BCUT2D eigenvalue weighted by molar-refractivity contribution is 7.13. The summed E-state index contributed by atoms with van der Waals surface area (Å²) in [5.74, 6) is -0.830. The van der Waals surface area contributed by atoms with Crippen LogP contribution in [0.4, 0.5) is 0 Å². The number of aliphatic hydroxyl groups is 1. The van der Waals surface area contributed by atoms with Gasteiger partial charge in [-0.05, 0) is 29.9 Å². The third kappa shape index (κ3) is 6.91. The molecule has 196 valence electrons. The van der Waals surface area contributed by atoms with Crippen LogP contribution in [0.25, 0.3) is 10.4 Å². The van der Waals surface area contributed by atoms with E-state index in [0.717, 1.165) is 34.5 Å². The van der Waals surface area contributed by atoms with Crippen LogP contribution in [0, 0.1) is 12.3 Å². The summed E-state index contributed by atoms with van der Waals surface area (Å²) in [6, 6.07) is 6.36. The molecule has 0 spiro atoms. The number of rotatable bonds is 9. The third-order valence-electron chi connectivity index (χ3n) is 6.47. The molecule has 1 aliphatic heterocycles. The number of β-amino-alcohol motifs (C(OH)–C–C–N with tert-alkyl or cyclic N) is 1. The van der Waals surface area contributed by atoms with Crippen LogP contribution in [-0.4, -0.2) is 57.4 Å². The van der Waals surface area contributed by atoms with Crippen LogP contribution in [0.1, 0.15) is 64.6 Å². The number of aliphatic hydroxyl groups excluding tert-OH is 1. The molecule has 8 nitrogen and oxygen atoms in total. The van der Waals surface area contributed by atoms with E-state index in [1.54, 1.807) is 11.3 Å². The Morgan fingerprint density at radius 1 is 1.22 bits per heavy atom. The van der Waals surface area contributed by atoms with Crippen LogP contribution >= 0.6 is 11.3 Å². The molecule has 3 rings (SSSR count). The fourth-order valence-corrected chi connectivity index (χ4v) is 5.16. The van der Waals surface area contributed by atoms with Crippen molar-refractivity contribution in [1.82, 2.24) is 20.5 Å². The number of carbonyl (C=O) groups is 3. The Bertz CT molecular complexity index is 1060. The van der Waals surface area contributed by atoms with Crippen molar-refractivity contribution in [2.75, 3.05) is 6.54 Å². The number of hydrogen-bond donors (Lipinski definition) is 3. The molecule has 2 aromatic rings. The zero-order valence-corrected chi connectivity index (χ0v) is 22.7. The molecule has 0 saturated carbocycles. The lowest BCUT2D eigenvalue weighted by molar-refractivity contribution is -0.144. The minimum atomic E-state index is -0.789. The molecule has 2 heterocycles. The van der Waals surface area contributed by atoms with Gasteiger partial charge in [0.2, 0.25) is 17.7 Å². The number of carbonyl (C=O) groups excluding carboxylic acids is 3. The molecule has 0 radical (unpaired) electrons. The van der Waals surface area contributed by atoms with Crippen molar-refractivity contribution in [3.8, 4) is 10.4 Å². The number of nitrogens with one attached hydrogen (secondary N) is 2. The molecular formula is C27H38N4O4S. The quantitative estimate of drug-likeness (QED) is 0.475. The second-order valence-corrected chi connectivity index (χ2v) is 11.4. The molecule has 0 aliphatic carbocycles. The van der Waals surface area contributed by atoms with Crippen molar-refractivity contribution in [2.45, 2.75) is 85.0 Å². The fraction of sp³-hybridized carbons (Fsp3) is 0.556. The predicted molar refractivity (Wildman–Crippen MR) is 141 cm³/mol. The predicted octanol–water partition coefficient (Wildman–Crippen LogP) is 3.42. The number of unbranched alkanes of at least 4 members (excludes halogenated alkanes) is 1. The molecule has 1 aromatic carbocycles. The second kappa shape index (κ2) is 12.0. The summed E-state index contributed by atoms with van der Waals surface area (Å²) in [6.07, 6.45) is 1.36. The van der Waals surface area contributed by atoms with Gasteiger partial charge in [-0.25, -0.2) is 4.98 Å². The first-order chi connectivity index (χ1) is 17.0. The van der Waals surface area contributed by atoms with Crippen LogP contribution in [0.2, 0.25) is 0 Å². The van der Waals surface area contributed by atoms with Gasteiger partial charge >= 0.3 is 0 Å². The van der Waals surface area contributed by atoms with Crippen LogP contribution in [0.3, 0.4) is 0 Å². The molecular weight excluding hydrogens is 476 g/mol. The molecule has 3 atom stereocenters. The van der Waals surface area contributed by atoms with Gasteiger partial charge in [-0.3, -0.25) is 14.4 Å².